The molecule has 1 saturated carbocycles. The second kappa shape index (κ2) is 6.08. The quantitative estimate of drug-likeness (QED) is 0.946. The van der Waals surface area contributed by atoms with Gasteiger partial charge in [-0.25, -0.2) is 4.98 Å². The first-order valence-electron chi connectivity index (χ1n) is 7.95. The Bertz CT molecular complexity index is 730. The molecule has 1 fully saturated rings. The van der Waals surface area contributed by atoms with Crippen LogP contribution in [-0.2, 0) is 6.54 Å². The lowest BCUT2D eigenvalue weighted by molar-refractivity contribution is 0.386. The van der Waals surface area contributed by atoms with Gasteiger partial charge < -0.3 is 10.0 Å². The zero-order chi connectivity index (χ0) is 15.7. The van der Waals surface area contributed by atoms with Crippen molar-refractivity contribution in [2.24, 2.45) is 0 Å². The molecule has 5 heteroatoms. The second-order valence-corrected chi connectivity index (χ2v) is 6.47. The Hall–Kier alpha value is -1.88. The third kappa shape index (κ3) is 2.73. The Kier molecular flexibility index (Phi) is 4.16. The molecule has 0 saturated heterocycles. The van der Waals surface area contributed by atoms with Crippen molar-refractivity contribution in [3.05, 3.63) is 39.9 Å². The molecule has 0 radical (unpaired) electrons. The fourth-order valence-electron chi connectivity index (χ4n) is 3.35. The van der Waals surface area contributed by atoms with Crippen molar-refractivity contribution in [3.8, 4) is 5.75 Å². The van der Waals surface area contributed by atoms with Crippen molar-refractivity contribution >= 4 is 5.65 Å². The molecule has 0 amide bonds. The van der Waals surface area contributed by atoms with E-state index in [2.05, 4.69) is 4.98 Å². The molecular formula is C17H23N3O2. The van der Waals surface area contributed by atoms with Crippen molar-refractivity contribution in [3.63, 3.8) is 0 Å². The zero-order valence-electron chi connectivity index (χ0n) is 13.2. The first-order valence-corrected chi connectivity index (χ1v) is 7.95. The van der Waals surface area contributed by atoms with E-state index in [9.17, 15) is 9.90 Å². The van der Waals surface area contributed by atoms with Gasteiger partial charge in [0.1, 0.15) is 0 Å². The van der Waals surface area contributed by atoms with Gasteiger partial charge in [-0.05, 0) is 38.9 Å². The molecule has 0 atom stereocenters. The minimum Gasteiger partial charge on any atom is -0.504 e. The van der Waals surface area contributed by atoms with Crippen LogP contribution in [0.15, 0.2) is 23.3 Å². The molecule has 0 unspecified atom stereocenters. The zero-order valence-corrected chi connectivity index (χ0v) is 13.2. The standard InChI is InChI=1S/C17H23N3O2/c1-19(2)11-13-8-9-20-16(15(13)21)18-10-14(17(20)22)12-6-4-3-5-7-12/h8-10,12,21H,3-7,11H2,1-2H3. The van der Waals surface area contributed by atoms with E-state index in [1.807, 2.05) is 19.0 Å². The Morgan fingerprint density at radius 1 is 1.32 bits per heavy atom. The van der Waals surface area contributed by atoms with Crippen LogP contribution in [0.1, 0.15) is 49.1 Å². The van der Waals surface area contributed by atoms with Crippen LogP contribution >= 0.6 is 0 Å². The van der Waals surface area contributed by atoms with Gasteiger partial charge in [-0.1, -0.05) is 19.3 Å². The van der Waals surface area contributed by atoms with Crippen molar-refractivity contribution in [1.82, 2.24) is 14.3 Å². The average Bonchev–Trinajstić information content (AvgIpc) is 2.51. The molecule has 0 spiro atoms. The van der Waals surface area contributed by atoms with Crippen molar-refractivity contribution in [1.29, 1.82) is 0 Å². The summed E-state index contributed by atoms with van der Waals surface area (Å²) in [6.45, 7) is 0.614. The lowest BCUT2D eigenvalue weighted by atomic mass is 9.85. The van der Waals surface area contributed by atoms with Crippen LogP contribution in [0.5, 0.6) is 5.75 Å². The van der Waals surface area contributed by atoms with Gasteiger partial charge in [0.05, 0.1) is 0 Å². The molecule has 0 aromatic carbocycles. The Labute approximate surface area is 130 Å². The van der Waals surface area contributed by atoms with Gasteiger partial charge in [0.25, 0.3) is 5.56 Å². The van der Waals surface area contributed by atoms with Gasteiger partial charge in [-0.3, -0.25) is 9.20 Å². The summed E-state index contributed by atoms with van der Waals surface area (Å²) in [6.07, 6.45) is 9.15. The topological polar surface area (TPSA) is 57.8 Å². The first kappa shape index (κ1) is 15.0. The fraction of sp³-hybridized carbons (Fsp3) is 0.529. The number of pyridine rings is 1. The van der Waals surface area contributed by atoms with Crippen molar-refractivity contribution < 1.29 is 5.11 Å². The fourth-order valence-corrected chi connectivity index (χ4v) is 3.35. The van der Waals surface area contributed by atoms with E-state index in [4.69, 9.17) is 0 Å². The molecule has 1 N–H and O–H groups in total. The maximum atomic E-state index is 12.7. The largest absolute Gasteiger partial charge is 0.504 e. The molecule has 2 heterocycles. The van der Waals surface area contributed by atoms with Crippen LogP contribution in [-0.4, -0.2) is 33.5 Å². The third-order valence-corrected chi connectivity index (χ3v) is 4.49. The van der Waals surface area contributed by atoms with Crippen molar-refractivity contribution in [2.45, 2.75) is 44.6 Å². The Morgan fingerprint density at radius 2 is 2.05 bits per heavy atom. The van der Waals surface area contributed by atoms with E-state index in [0.29, 0.717) is 18.1 Å². The average molecular weight is 301 g/mol. The number of aromatic nitrogens is 2. The van der Waals surface area contributed by atoms with E-state index in [-0.39, 0.29) is 11.3 Å². The highest BCUT2D eigenvalue weighted by atomic mass is 16.3. The maximum Gasteiger partial charge on any atom is 0.261 e. The molecule has 1 aliphatic carbocycles. The molecule has 1 aliphatic rings. The van der Waals surface area contributed by atoms with E-state index in [1.165, 1.54) is 23.7 Å². The molecule has 118 valence electrons. The molecule has 0 bridgehead atoms. The molecule has 5 nitrogen and oxygen atoms in total. The van der Waals surface area contributed by atoms with Gasteiger partial charge in [0, 0.05) is 30.1 Å². The van der Waals surface area contributed by atoms with E-state index in [0.717, 1.165) is 24.0 Å². The van der Waals surface area contributed by atoms with Crippen LogP contribution in [0.4, 0.5) is 0 Å². The van der Waals surface area contributed by atoms with Crippen LogP contribution in [0.25, 0.3) is 5.65 Å². The Balaban J connectivity index is 2.06. The van der Waals surface area contributed by atoms with Crippen LogP contribution < -0.4 is 5.56 Å². The molecule has 3 rings (SSSR count). The number of fused-ring (bicyclic) bond motifs is 1. The van der Waals surface area contributed by atoms with Crippen LogP contribution in [0.3, 0.4) is 0 Å². The summed E-state index contributed by atoms with van der Waals surface area (Å²) < 4.78 is 1.48. The van der Waals surface area contributed by atoms with E-state index in [1.54, 1.807) is 18.5 Å². The summed E-state index contributed by atoms with van der Waals surface area (Å²) in [7, 11) is 3.88. The van der Waals surface area contributed by atoms with E-state index >= 15 is 0 Å². The normalized spacial score (nSPS) is 16.5. The van der Waals surface area contributed by atoms with Crippen LogP contribution in [0.2, 0.25) is 0 Å². The minimum absolute atomic E-state index is 0.0383. The lowest BCUT2D eigenvalue weighted by Gasteiger charge is -2.21. The monoisotopic (exact) mass is 301 g/mol. The maximum absolute atomic E-state index is 12.7. The van der Waals surface area contributed by atoms with Gasteiger partial charge in [0.15, 0.2) is 11.4 Å². The van der Waals surface area contributed by atoms with Crippen molar-refractivity contribution in [2.75, 3.05) is 14.1 Å². The summed E-state index contributed by atoms with van der Waals surface area (Å²) in [5, 5.41) is 10.4. The molecular weight excluding hydrogens is 278 g/mol. The van der Waals surface area contributed by atoms with Gasteiger partial charge >= 0.3 is 0 Å². The number of rotatable bonds is 3. The van der Waals surface area contributed by atoms with Gasteiger partial charge in [0.2, 0.25) is 0 Å². The number of nitrogens with zero attached hydrogens (tertiary/aromatic N) is 3. The molecule has 0 aliphatic heterocycles. The predicted molar refractivity (Wildman–Crippen MR) is 86.3 cm³/mol. The summed E-state index contributed by atoms with van der Waals surface area (Å²) >= 11 is 0. The van der Waals surface area contributed by atoms with E-state index < -0.39 is 0 Å². The molecule has 22 heavy (non-hydrogen) atoms. The number of hydrogen-bond donors (Lipinski definition) is 1. The first-order chi connectivity index (χ1) is 10.6. The summed E-state index contributed by atoms with van der Waals surface area (Å²) in [5.41, 5.74) is 1.88. The molecule has 2 aromatic rings. The summed E-state index contributed by atoms with van der Waals surface area (Å²) in [4.78, 5) is 19.1. The summed E-state index contributed by atoms with van der Waals surface area (Å²) in [5.74, 6) is 0.415. The third-order valence-electron chi connectivity index (χ3n) is 4.49. The summed E-state index contributed by atoms with van der Waals surface area (Å²) in [6, 6.07) is 1.80. The highest BCUT2D eigenvalue weighted by Crippen LogP contribution is 2.31. The molecule has 2 aromatic heterocycles. The second-order valence-electron chi connectivity index (χ2n) is 6.47. The number of aromatic hydroxyl groups is 1. The lowest BCUT2D eigenvalue weighted by Crippen LogP contribution is -2.23. The Morgan fingerprint density at radius 3 is 2.73 bits per heavy atom. The minimum atomic E-state index is -0.0383. The number of hydrogen-bond acceptors (Lipinski definition) is 4. The highest BCUT2D eigenvalue weighted by Gasteiger charge is 2.20. The highest BCUT2D eigenvalue weighted by molar-refractivity contribution is 5.56. The predicted octanol–water partition coefficient (Wildman–Crippen LogP) is 2.51. The van der Waals surface area contributed by atoms with Gasteiger partial charge in [-0.2, -0.15) is 0 Å². The SMILES string of the molecule is CN(C)Cc1ccn2c(=O)c(C3CCCCC3)cnc2c1O. The smallest absolute Gasteiger partial charge is 0.261 e. The van der Waals surface area contributed by atoms with Crippen LogP contribution in [0, 0.1) is 0 Å². The van der Waals surface area contributed by atoms with Gasteiger partial charge in [-0.15, -0.1) is 0 Å².